The van der Waals surface area contributed by atoms with E-state index >= 15 is 0 Å². The highest BCUT2D eigenvalue weighted by Gasteiger charge is 2.10. The van der Waals surface area contributed by atoms with Crippen molar-refractivity contribution in [3.8, 4) is 11.5 Å². The lowest BCUT2D eigenvalue weighted by molar-refractivity contribution is 0.102. The van der Waals surface area contributed by atoms with Crippen molar-refractivity contribution < 1.29 is 14.3 Å². The van der Waals surface area contributed by atoms with Crippen molar-refractivity contribution in [2.75, 3.05) is 11.9 Å². The van der Waals surface area contributed by atoms with Gasteiger partial charge in [-0.3, -0.25) is 4.79 Å². The molecule has 0 aromatic heterocycles. The van der Waals surface area contributed by atoms with Crippen LogP contribution < -0.4 is 14.8 Å². The quantitative estimate of drug-likeness (QED) is 0.818. The predicted octanol–water partition coefficient (Wildman–Crippen LogP) is 4.51. The van der Waals surface area contributed by atoms with Crippen LogP contribution in [0.5, 0.6) is 11.5 Å². The molecule has 0 saturated heterocycles. The summed E-state index contributed by atoms with van der Waals surface area (Å²) in [6.07, 6.45) is 1.10. The lowest BCUT2D eigenvalue weighted by Crippen LogP contribution is -2.13. The third-order valence-electron chi connectivity index (χ3n) is 3.46. The zero-order valence-corrected chi connectivity index (χ0v) is 13.8. The molecule has 0 saturated carbocycles. The van der Waals surface area contributed by atoms with E-state index in [1.54, 1.807) is 12.1 Å². The summed E-state index contributed by atoms with van der Waals surface area (Å²) in [7, 11) is 0. The van der Waals surface area contributed by atoms with Gasteiger partial charge >= 0.3 is 0 Å². The zero-order valence-electron chi connectivity index (χ0n) is 13.8. The molecule has 0 fully saturated rings. The first-order valence-electron chi connectivity index (χ1n) is 7.94. The molecule has 2 aromatic carbocycles. The number of rotatable bonds is 7. The number of benzene rings is 2. The SMILES string of the molecule is CCOc1ccccc1NC(=O)c1ccc(OC(C)CC)cc1. The lowest BCUT2D eigenvalue weighted by atomic mass is 10.2. The number of para-hydroxylation sites is 2. The number of carbonyl (C=O) groups excluding carboxylic acids is 1. The highest BCUT2D eigenvalue weighted by atomic mass is 16.5. The first-order chi connectivity index (χ1) is 11.1. The Kier molecular flexibility index (Phi) is 6.03. The van der Waals surface area contributed by atoms with Gasteiger partial charge < -0.3 is 14.8 Å². The van der Waals surface area contributed by atoms with Crippen LogP contribution in [0.3, 0.4) is 0 Å². The van der Waals surface area contributed by atoms with Crippen LogP contribution in [-0.2, 0) is 0 Å². The molecule has 2 aromatic rings. The zero-order chi connectivity index (χ0) is 16.7. The highest BCUT2D eigenvalue weighted by Crippen LogP contribution is 2.24. The fourth-order valence-corrected chi connectivity index (χ4v) is 2.05. The minimum Gasteiger partial charge on any atom is -0.492 e. The van der Waals surface area contributed by atoms with Gasteiger partial charge in [0, 0.05) is 5.56 Å². The number of ether oxygens (including phenoxy) is 2. The van der Waals surface area contributed by atoms with E-state index in [0.29, 0.717) is 23.6 Å². The molecule has 1 atom stereocenters. The number of hydrogen-bond acceptors (Lipinski definition) is 3. The Labute approximate surface area is 137 Å². The van der Waals surface area contributed by atoms with Gasteiger partial charge in [0.15, 0.2) is 0 Å². The Balaban J connectivity index is 2.06. The minimum atomic E-state index is -0.174. The second kappa shape index (κ2) is 8.22. The molecule has 1 unspecified atom stereocenters. The number of amides is 1. The van der Waals surface area contributed by atoms with Gasteiger partial charge in [-0.1, -0.05) is 19.1 Å². The molecule has 23 heavy (non-hydrogen) atoms. The molecule has 4 heteroatoms. The van der Waals surface area contributed by atoms with Gasteiger partial charge in [-0.05, 0) is 56.7 Å². The Bertz CT molecular complexity index is 637. The first-order valence-corrected chi connectivity index (χ1v) is 7.94. The summed E-state index contributed by atoms with van der Waals surface area (Å²) in [4.78, 5) is 12.4. The predicted molar refractivity (Wildman–Crippen MR) is 92.4 cm³/mol. The van der Waals surface area contributed by atoms with Crippen molar-refractivity contribution in [1.29, 1.82) is 0 Å². The molecule has 2 rings (SSSR count). The average molecular weight is 313 g/mol. The van der Waals surface area contributed by atoms with Crippen LogP contribution in [0.25, 0.3) is 0 Å². The van der Waals surface area contributed by atoms with Gasteiger partial charge in [0.25, 0.3) is 5.91 Å². The van der Waals surface area contributed by atoms with Crippen LogP contribution in [0.4, 0.5) is 5.69 Å². The lowest BCUT2D eigenvalue weighted by Gasteiger charge is -2.13. The van der Waals surface area contributed by atoms with Crippen molar-refractivity contribution in [2.24, 2.45) is 0 Å². The average Bonchev–Trinajstić information content (AvgIpc) is 2.57. The summed E-state index contributed by atoms with van der Waals surface area (Å²) in [5.74, 6) is 1.26. The Hall–Kier alpha value is -2.49. The molecule has 1 amide bonds. The maximum Gasteiger partial charge on any atom is 0.255 e. The van der Waals surface area contributed by atoms with E-state index in [2.05, 4.69) is 12.2 Å². The number of hydrogen-bond donors (Lipinski definition) is 1. The van der Waals surface area contributed by atoms with Crippen molar-refractivity contribution in [3.05, 3.63) is 54.1 Å². The topological polar surface area (TPSA) is 47.6 Å². The number of anilines is 1. The van der Waals surface area contributed by atoms with Crippen LogP contribution in [-0.4, -0.2) is 18.6 Å². The van der Waals surface area contributed by atoms with Gasteiger partial charge in [-0.2, -0.15) is 0 Å². The maximum atomic E-state index is 12.4. The minimum absolute atomic E-state index is 0.160. The van der Waals surface area contributed by atoms with Crippen LogP contribution in [0, 0.1) is 0 Å². The summed E-state index contributed by atoms with van der Waals surface area (Å²) < 4.78 is 11.2. The molecule has 1 N–H and O–H groups in total. The largest absolute Gasteiger partial charge is 0.492 e. The molecule has 4 nitrogen and oxygen atoms in total. The smallest absolute Gasteiger partial charge is 0.255 e. The fourth-order valence-electron chi connectivity index (χ4n) is 2.05. The van der Waals surface area contributed by atoms with Gasteiger partial charge in [0.05, 0.1) is 18.4 Å². The van der Waals surface area contributed by atoms with Crippen LogP contribution >= 0.6 is 0 Å². The summed E-state index contributed by atoms with van der Waals surface area (Å²) in [6, 6.07) is 14.5. The molecule has 0 heterocycles. The van der Waals surface area contributed by atoms with E-state index in [-0.39, 0.29) is 12.0 Å². The van der Waals surface area contributed by atoms with Gasteiger partial charge in [0.2, 0.25) is 0 Å². The van der Waals surface area contributed by atoms with Crippen molar-refractivity contribution in [2.45, 2.75) is 33.3 Å². The molecule has 0 aliphatic heterocycles. The monoisotopic (exact) mass is 313 g/mol. The Morgan fingerprint density at radius 1 is 1.09 bits per heavy atom. The van der Waals surface area contributed by atoms with Crippen molar-refractivity contribution in [1.82, 2.24) is 0 Å². The van der Waals surface area contributed by atoms with E-state index in [4.69, 9.17) is 9.47 Å². The number of carbonyl (C=O) groups is 1. The summed E-state index contributed by atoms with van der Waals surface area (Å²) in [5.41, 5.74) is 1.24. The molecule has 0 aliphatic carbocycles. The highest BCUT2D eigenvalue weighted by molar-refractivity contribution is 6.05. The van der Waals surface area contributed by atoms with Gasteiger partial charge in [-0.15, -0.1) is 0 Å². The molecule has 0 aliphatic rings. The van der Waals surface area contributed by atoms with E-state index < -0.39 is 0 Å². The Morgan fingerprint density at radius 2 is 1.78 bits per heavy atom. The number of nitrogens with one attached hydrogen (secondary N) is 1. The second-order valence-electron chi connectivity index (χ2n) is 5.24. The molecule has 0 spiro atoms. The fraction of sp³-hybridized carbons (Fsp3) is 0.316. The van der Waals surface area contributed by atoms with E-state index in [1.165, 1.54) is 0 Å². The van der Waals surface area contributed by atoms with Crippen LogP contribution in [0.2, 0.25) is 0 Å². The van der Waals surface area contributed by atoms with E-state index in [9.17, 15) is 4.79 Å². The molecular weight excluding hydrogens is 290 g/mol. The molecular formula is C19H23NO3. The van der Waals surface area contributed by atoms with E-state index in [0.717, 1.165) is 12.2 Å². The summed E-state index contributed by atoms with van der Waals surface area (Å²) >= 11 is 0. The molecule has 0 bridgehead atoms. The normalized spacial score (nSPS) is 11.6. The molecule has 122 valence electrons. The van der Waals surface area contributed by atoms with Gasteiger partial charge in [0.1, 0.15) is 11.5 Å². The first kappa shape index (κ1) is 16.9. The standard InChI is InChI=1S/C19H23NO3/c1-4-14(3)23-16-12-10-15(11-13-16)19(21)20-17-8-6-7-9-18(17)22-5-2/h6-14H,4-5H2,1-3H3,(H,20,21). The van der Waals surface area contributed by atoms with Crippen molar-refractivity contribution >= 4 is 11.6 Å². The third-order valence-corrected chi connectivity index (χ3v) is 3.46. The summed E-state index contributed by atoms with van der Waals surface area (Å²) in [5, 5.41) is 2.88. The maximum absolute atomic E-state index is 12.4. The Morgan fingerprint density at radius 3 is 2.43 bits per heavy atom. The van der Waals surface area contributed by atoms with E-state index in [1.807, 2.05) is 50.2 Å². The second-order valence-corrected chi connectivity index (χ2v) is 5.24. The molecule has 0 radical (unpaired) electrons. The third kappa shape index (κ3) is 4.74. The van der Waals surface area contributed by atoms with Crippen LogP contribution in [0.15, 0.2) is 48.5 Å². The van der Waals surface area contributed by atoms with Crippen LogP contribution in [0.1, 0.15) is 37.6 Å². The van der Waals surface area contributed by atoms with Gasteiger partial charge in [-0.25, -0.2) is 0 Å². The van der Waals surface area contributed by atoms with Crippen molar-refractivity contribution in [3.63, 3.8) is 0 Å². The summed E-state index contributed by atoms with van der Waals surface area (Å²) in [6.45, 7) is 6.55.